The fourth-order valence-corrected chi connectivity index (χ4v) is 4.59. The quantitative estimate of drug-likeness (QED) is 0.589. The minimum Gasteiger partial charge on any atom is -0.497 e. The number of thiophene rings is 1. The van der Waals surface area contributed by atoms with Crippen molar-refractivity contribution in [3.05, 3.63) is 63.0 Å². The Hall–Kier alpha value is -1.79. The Morgan fingerprint density at radius 2 is 1.89 bits per heavy atom. The maximum atomic E-state index is 12.7. The lowest BCUT2D eigenvalue weighted by Crippen LogP contribution is -2.34. The number of carbonyl (C=O) groups excluding carboxylic acids is 1. The van der Waals surface area contributed by atoms with Gasteiger partial charge in [0.15, 0.2) is 0 Å². The van der Waals surface area contributed by atoms with E-state index in [9.17, 15) is 4.79 Å². The van der Waals surface area contributed by atoms with E-state index in [-0.39, 0.29) is 11.9 Å². The number of carbonyl (C=O) groups is 1. The summed E-state index contributed by atoms with van der Waals surface area (Å²) < 4.78 is 6.11. The summed E-state index contributed by atoms with van der Waals surface area (Å²) in [5.74, 6) is 0.619. The van der Waals surface area contributed by atoms with E-state index in [2.05, 4.69) is 10.2 Å². The minimum atomic E-state index is -0.183. The smallest absolute Gasteiger partial charge is 0.262 e. The van der Waals surface area contributed by atoms with E-state index in [0.29, 0.717) is 21.5 Å². The fourth-order valence-electron chi connectivity index (χ4n) is 2.88. The van der Waals surface area contributed by atoms with E-state index in [0.717, 1.165) is 21.4 Å². The van der Waals surface area contributed by atoms with Gasteiger partial charge in [-0.3, -0.25) is 4.79 Å². The van der Waals surface area contributed by atoms with E-state index < -0.39 is 0 Å². The van der Waals surface area contributed by atoms with Gasteiger partial charge < -0.3 is 15.0 Å². The first-order chi connectivity index (χ1) is 12.9. The normalized spacial score (nSPS) is 12.4. The minimum absolute atomic E-state index is 0.0301. The molecule has 0 aliphatic carbocycles. The van der Waals surface area contributed by atoms with Gasteiger partial charge in [0.05, 0.1) is 18.2 Å². The lowest BCUT2D eigenvalue weighted by molar-refractivity contribution is 0.0946. The Balaban J connectivity index is 1.77. The highest BCUT2D eigenvalue weighted by atomic mass is 35.5. The summed E-state index contributed by atoms with van der Waals surface area (Å²) in [5, 5.41) is 4.94. The molecule has 142 valence electrons. The standard InChI is InChI=1S/C20H20Cl2N2O2S/c1-24(2)16(12-4-7-14(26-3)8-5-12)11-23-20(25)19-18(22)15-9-6-13(21)10-17(15)27-19/h4-10,16H,11H2,1-3H3,(H,23,25). The first-order valence-electron chi connectivity index (χ1n) is 8.37. The number of nitrogens with zero attached hydrogens (tertiary/aromatic N) is 1. The van der Waals surface area contributed by atoms with Crippen LogP contribution in [0.15, 0.2) is 42.5 Å². The molecule has 0 fully saturated rings. The molecule has 1 amide bonds. The zero-order valence-electron chi connectivity index (χ0n) is 15.3. The number of fused-ring (bicyclic) bond motifs is 1. The number of likely N-dealkylation sites (N-methyl/N-ethyl adjacent to an activating group) is 1. The third-order valence-electron chi connectivity index (χ3n) is 4.38. The molecular formula is C20H20Cl2N2O2S. The molecule has 1 aromatic heterocycles. The number of halogens is 2. The number of hydrogen-bond donors (Lipinski definition) is 1. The van der Waals surface area contributed by atoms with E-state index in [4.69, 9.17) is 27.9 Å². The molecule has 1 N–H and O–H groups in total. The summed E-state index contributed by atoms with van der Waals surface area (Å²) in [7, 11) is 5.60. The highest BCUT2D eigenvalue weighted by Crippen LogP contribution is 2.36. The average Bonchev–Trinajstić information content (AvgIpc) is 2.98. The molecule has 4 nitrogen and oxygen atoms in total. The molecule has 1 heterocycles. The van der Waals surface area contributed by atoms with Crippen LogP contribution in [0.25, 0.3) is 10.1 Å². The molecule has 0 aliphatic rings. The molecular weight excluding hydrogens is 403 g/mol. The zero-order valence-corrected chi connectivity index (χ0v) is 17.6. The molecule has 27 heavy (non-hydrogen) atoms. The van der Waals surface area contributed by atoms with Crippen molar-refractivity contribution in [2.24, 2.45) is 0 Å². The van der Waals surface area contributed by atoms with Crippen LogP contribution in [0.5, 0.6) is 5.75 Å². The van der Waals surface area contributed by atoms with E-state index in [1.54, 1.807) is 13.2 Å². The summed E-state index contributed by atoms with van der Waals surface area (Å²) >= 11 is 13.8. The zero-order chi connectivity index (χ0) is 19.6. The fraction of sp³-hybridized carbons (Fsp3) is 0.250. The van der Waals surface area contributed by atoms with Crippen LogP contribution in [0.2, 0.25) is 10.0 Å². The van der Waals surface area contributed by atoms with Gasteiger partial charge in [-0.25, -0.2) is 0 Å². The summed E-state index contributed by atoms with van der Waals surface area (Å²) in [6, 6.07) is 13.3. The molecule has 0 aliphatic heterocycles. The monoisotopic (exact) mass is 422 g/mol. The van der Waals surface area contributed by atoms with Gasteiger partial charge in [-0.1, -0.05) is 41.4 Å². The van der Waals surface area contributed by atoms with Crippen LogP contribution in [0, 0.1) is 0 Å². The van der Waals surface area contributed by atoms with Crippen molar-refractivity contribution >= 4 is 50.5 Å². The predicted octanol–water partition coefficient (Wildman–Crippen LogP) is 5.25. The molecule has 0 spiro atoms. The second kappa shape index (κ2) is 8.48. The summed E-state index contributed by atoms with van der Waals surface area (Å²) in [4.78, 5) is 15.3. The molecule has 0 bridgehead atoms. The summed E-state index contributed by atoms with van der Waals surface area (Å²) in [5.41, 5.74) is 1.09. The largest absolute Gasteiger partial charge is 0.497 e. The van der Waals surface area contributed by atoms with E-state index >= 15 is 0 Å². The highest BCUT2D eigenvalue weighted by molar-refractivity contribution is 7.21. The number of hydrogen-bond acceptors (Lipinski definition) is 4. The SMILES string of the molecule is COc1ccc(C(CNC(=O)c2sc3cc(Cl)ccc3c2Cl)N(C)C)cc1. The number of methoxy groups -OCH3 is 1. The number of amides is 1. The van der Waals surface area contributed by atoms with Crippen LogP contribution in [-0.4, -0.2) is 38.6 Å². The number of ether oxygens (including phenoxy) is 1. The third kappa shape index (κ3) is 4.38. The molecule has 1 unspecified atom stereocenters. The van der Waals surface area contributed by atoms with Gasteiger partial charge in [0.1, 0.15) is 10.6 Å². The Labute approximate surface area is 172 Å². The van der Waals surface area contributed by atoms with Gasteiger partial charge in [-0.2, -0.15) is 0 Å². The molecule has 2 aromatic carbocycles. The molecule has 3 rings (SSSR count). The highest BCUT2D eigenvalue weighted by Gasteiger charge is 2.20. The molecule has 0 saturated carbocycles. The maximum Gasteiger partial charge on any atom is 0.262 e. The summed E-state index contributed by atoms with van der Waals surface area (Å²) in [6.45, 7) is 0.462. The van der Waals surface area contributed by atoms with Crippen LogP contribution in [-0.2, 0) is 0 Å². The van der Waals surface area contributed by atoms with Crippen LogP contribution >= 0.6 is 34.5 Å². The van der Waals surface area contributed by atoms with E-state index in [1.165, 1.54) is 11.3 Å². The van der Waals surface area contributed by atoms with Gasteiger partial charge in [0.25, 0.3) is 5.91 Å². The lowest BCUT2D eigenvalue weighted by Gasteiger charge is -2.25. The molecule has 1 atom stereocenters. The Kier molecular flexibility index (Phi) is 6.27. The molecule has 3 aromatic rings. The van der Waals surface area contributed by atoms with Crippen molar-refractivity contribution in [3.63, 3.8) is 0 Å². The second-order valence-corrected chi connectivity index (χ2v) is 8.21. The van der Waals surface area contributed by atoms with Crippen LogP contribution in [0.4, 0.5) is 0 Å². The second-order valence-electron chi connectivity index (χ2n) is 6.35. The van der Waals surface area contributed by atoms with Crippen LogP contribution in [0.3, 0.4) is 0 Å². The van der Waals surface area contributed by atoms with Crippen LogP contribution < -0.4 is 10.1 Å². The van der Waals surface area contributed by atoms with Crippen molar-refractivity contribution < 1.29 is 9.53 Å². The van der Waals surface area contributed by atoms with Crippen molar-refractivity contribution in [1.82, 2.24) is 10.2 Å². The van der Waals surface area contributed by atoms with Gasteiger partial charge in [-0.05, 0) is 43.9 Å². The third-order valence-corrected chi connectivity index (χ3v) is 6.27. The maximum absolute atomic E-state index is 12.7. The first kappa shape index (κ1) is 20.0. The van der Waals surface area contributed by atoms with Gasteiger partial charge >= 0.3 is 0 Å². The Morgan fingerprint density at radius 1 is 1.19 bits per heavy atom. The van der Waals surface area contributed by atoms with Gasteiger partial charge in [0, 0.05) is 21.7 Å². The molecule has 7 heteroatoms. The first-order valence-corrected chi connectivity index (χ1v) is 9.94. The van der Waals surface area contributed by atoms with Crippen molar-refractivity contribution in [2.45, 2.75) is 6.04 Å². The van der Waals surface area contributed by atoms with Gasteiger partial charge in [-0.15, -0.1) is 11.3 Å². The summed E-state index contributed by atoms with van der Waals surface area (Å²) in [6.07, 6.45) is 0. The van der Waals surface area contributed by atoms with Crippen molar-refractivity contribution in [2.75, 3.05) is 27.7 Å². The Bertz CT molecular complexity index is 955. The Morgan fingerprint density at radius 3 is 2.52 bits per heavy atom. The van der Waals surface area contributed by atoms with Crippen LogP contribution in [0.1, 0.15) is 21.3 Å². The average molecular weight is 423 g/mol. The topological polar surface area (TPSA) is 41.6 Å². The predicted molar refractivity (Wildman–Crippen MR) is 114 cm³/mol. The number of rotatable bonds is 6. The van der Waals surface area contributed by atoms with Gasteiger partial charge in [0.2, 0.25) is 0 Å². The molecule has 0 saturated heterocycles. The number of benzene rings is 2. The van der Waals surface area contributed by atoms with Crippen molar-refractivity contribution in [1.29, 1.82) is 0 Å². The van der Waals surface area contributed by atoms with E-state index in [1.807, 2.05) is 50.5 Å². The molecule has 0 radical (unpaired) electrons. The number of nitrogens with one attached hydrogen (secondary N) is 1. The lowest BCUT2D eigenvalue weighted by atomic mass is 10.1. The van der Waals surface area contributed by atoms with Crippen molar-refractivity contribution in [3.8, 4) is 5.75 Å².